The normalized spacial score (nSPS) is 18.6. The Morgan fingerprint density at radius 2 is 1.71 bits per heavy atom. The fraction of sp³-hybridized carbons (Fsp3) is 0.409. The number of anilines is 1. The van der Waals surface area contributed by atoms with Crippen LogP contribution in [0.5, 0.6) is 0 Å². The van der Waals surface area contributed by atoms with Gasteiger partial charge in [0.15, 0.2) is 0 Å². The molecule has 2 aromatic rings. The average molecular weight is 322 g/mol. The van der Waals surface area contributed by atoms with Gasteiger partial charge in [-0.1, -0.05) is 63.2 Å². The van der Waals surface area contributed by atoms with Crippen molar-refractivity contribution in [3.8, 4) is 0 Å². The molecule has 0 N–H and O–H groups in total. The molecule has 1 saturated heterocycles. The standard InChI is InChI=1S/C22H28NO/c1-22(2,3)19-11-13-20(14-12-19)23-15-7-10-21(16-23)24-17-18-8-5-4-6-9-18/h4-6,8-14,21H,7,15-17H2,1-3H3. The molecule has 1 radical (unpaired) electrons. The van der Waals surface area contributed by atoms with Gasteiger partial charge < -0.3 is 9.64 Å². The molecule has 2 heteroatoms. The SMILES string of the molecule is CC(C)(C)c1ccc(N2CC[CH]C(OCc3ccccc3)C2)cc1. The number of hydrogen-bond acceptors (Lipinski definition) is 2. The van der Waals surface area contributed by atoms with Gasteiger partial charge in [0, 0.05) is 18.8 Å². The van der Waals surface area contributed by atoms with Crippen molar-refractivity contribution in [3.63, 3.8) is 0 Å². The number of hydrogen-bond donors (Lipinski definition) is 0. The van der Waals surface area contributed by atoms with Crippen LogP contribution in [0.4, 0.5) is 5.69 Å². The largest absolute Gasteiger partial charge is 0.371 e. The van der Waals surface area contributed by atoms with E-state index >= 15 is 0 Å². The molecular weight excluding hydrogens is 294 g/mol. The quantitative estimate of drug-likeness (QED) is 0.787. The molecule has 0 amide bonds. The smallest absolute Gasteiger partial charge is 0.0786 e. The summed E-state index contributed by atoms with van der Waals surface area (Å²) in [7, 11) is 0. The second-order valence-corrected chi connectivity index (χ2v) is 7.60. The van der Waals surface area contributed by atoms with Gasteiger partial charge in [-0.2, -0.15) is 0 Å². The van der Waals surface area contributed by atoms with Gasteiger partial charge in [0.05, 0.1) is 12.7 Å². The molecular formula is C22H28NO. The van der Waals surface area contributed by atoms with Gasteiger partial charge in [-0.15, -0.1) is 0 Å². The van der Waals surface area contributed by atoms with E-state index in [9.17, 15) is 0 Å². The Morgan fingerprint density at radius 3 is 2.38 bits per heavy atom. The van der Waals surface area contributed by atoms with Crippen molar-refractivity contribution in [2.75, 3.05) is 18.0 Å². The van der Waals surface area contributed by atoms with Gasteiger partial charge in [-0.25, -0.2) is 0 Å². The van der Waals surface area contributed by atoms with Gasteiger partial charge >= 0.3 is 0 Å². The molecule has 1 fully saturated rings. The van der Waals surface area contributed by atoms with Crippen molar-refractivity contribution in [1.29, 1.82) is 0 Å². The molecule has 0 aromatic heterocycles. The first kappa shape index (κ1) is 17.0. The fourth-order valence-corrected chi connectivity index (χ4v) is 3.10. The van der Waals surface area contributed by atoms with Crippen LogP contribution in [0.25, 0.3) is 0 Å². The number of ether oxygens (including phenoxy) is 1. The highest BCUT2D eigenvalue weighted by Crippen LogP contribution is 2.26. The third-order valence-electron chi connectivity index (χ3n) is 4.63. The summed E-state index contributed by atoms with van der Waals surface area (Å²) in [4.78, 5) is 2.43. The zero-order chi connectivity index (χ0) is 17.0. The number of benzene rings is 2. The minimum Gasteiger partial charge on any atom is -0.371 e. The molecule has 1 aliphatic rings. The third-order valence-corrected chi connectivity index (χ3v) is 4.63. The Balaban J connectivity index is 1.59. The third kappa shape index (κ3) is 4.39. The van der Waals surface area contributed by atoms with Crippen LogP contribution in [0.3, 0.4) is 0 Å². The number of nitrogens with zero attached hydrogens (tertiary/aromatic N) is 1. The molecule has 1 heterocycles. The maximum Gasteiger partial charge on any atom is 0.0786 e. The molecule has 1 atom stereocenters. The topological polar surface area (TPSA) is 12.5 Å². The van der Waals surface area contributed by atoms with Crippen molar-refractivity contribution in [3.05, 3.63) is 72.1 Å². The lowest BCUT2D eigenvalue weighted by Crippen LogP contribution is -2.40. The van der Waals surface area contributed by atoms with Crippen LogP contribution in [0.1, 0.15) is 38.3 Å². The minimum atomic E-state index is 0.196. The fourth-order valence-electron chi connectivity index (χ4n) is 3.10. The lowest BCUT2D eigenvalue weighted by atomic mass is 9.87. The first-order chi connectivity index (χ1) is 11.5. The summed E-state index contributed by atoms with van der Waals surface area (Å²) in [5, 5.41) is 0. The summed E-state index contributed by atoms with van der Waals surface area (Å²) in [6.45, 7) is 9.45. The maximum absolute atomic E-state index is 6.10. The summed E-state index contributed by atoms with van der Waals surface area (Å²) in [5.74, 6) is 0. The average Bonchev–Trinajstić information content (AvgIpc) is 2.60. The van der Waals surface area contributed by atoms with Crippen molar-refractivity contribution in [2.24, 2.45) is 0 Å². The van der Waals surface area contributed by atoms with Crippen molar-refractivity contribution in [1.82, 2.24) is 0 Å². The highest BCUT2D eigenvalue weighted by Gasteiger charge is 2.21. The van der Waals surface area contributed by atoms with Gasteiger partial charge in [-0.05, 0) is 41.5 Å². The van der Waals surface area contributed by atoms with Crippen LogP contribution in [0.15, 0.2) is 54.6 Å². The lowest BCUT2D eigenvalue weighted by molar-refractivity contribution is 0.0588. The van der Waals surface area contributed by atoms with Gasteiger partial charge in [0.25, 0.3) is 0 Å². The molecule has 1 aliphatic heterocycles. The maximum atomic E-state index is 6.10. The van der Waals surface area contributed by atoms with Crippen LogP contribution in [-0.4, -0.2) is 19.2 Å². The molecule has 0 aliphatic carbocycles. The zero-order valence-corrected chi connectivity index (χ0v) is 15.0. The Hall–Kier alpha value is -1.80. The van der Waals surface area contributed by atoms with E-state index in [0.717, 1.165) is 19.5 Å². The van der Waals surface area contributed by atoms with Crippen LogP contribution < -0.4 is 4.90 Å². The van der Waals surface area contributed by atoms with Gasteiger partial charge in [-0.3, -0.25) is 0 Å². The molecule has 0 bridgehead atoms. The predicted molar refractivity (Wildman–Crippen MR) is 101 cm³/mol. The zero-order valence-electron chi connectivity index (χ0n) is 15.0. The van der Waals surface area contributed by atoms with Gasteiger partial charge in [0.1, 0.15) is 0 Å². The molecule has 24 heavy (non-hydrogen) atoms. The summed E-state index contributed by atoms with van der Waals surface area (Å²) < 4.78 is 6.10. The monoisotopic (exact) mass is 322 g/mol. The summed E-state index contributed by atoms with van der Waals surface area (Å²) in [5.41, 5.74) is 4.11. The van der Waals surface area contributed by atoms with E-state index in [1.165, 1.54) is 16.8 Å². The molecule has 0 spiro atoms. The first-order valence-corrected chi connectivity index (χ1v) is 8.87. The molecule has 0 saturated carbocycles. The number of piperidine rings is 1. The highest BCUT2D eigenvalue weighted by molar-refractivity contribution is 5.49. The molecule has 2 aromatic carbocycles. The van der Waals surface area contributed by atoms with E-state index < -0.39 is 0 Å². The van der Waals surface area contributed by atoms with Crippen LogP contribution in [0, 0.1) is 6.42 Å². The van der Waals surface area contributed by atoms with E-state index in [-0.39, 0.29) is 11.5 Å². The number of rotatable bonds is 4. The summed E-state index contributed by atoms with van der Waals surface area (Å²) in [6.07, 6.45) is 3.57. The van der Waals surface area contributed by atoms with E-state index in [1.54, 1.807) is 0 Å². The molecule has 1 unspecified atom stereocenters. The molecule has 127 valence electrons. The first-order valence-electron chi connectivity index (χ1n) is 8.87. The van der Waals surface area contributed by atoms with Crippen molar-refractivity contribution in [2.45, 2.75) is 45.3 Å². The second-order valence-electron chi connectivity index (χ2n) is 7.60. The summed E-state index contributed by atoms with van der Waals surface area (Å²) in [6, 6.07) is 19.4. The van der Waals surface area contributed by atoms with Crippen LogP contribution in [-0.2, 0) is 16.8 Å². The van der Waals surface area contributed by atoms with Crippen LogP contribution in [0.2, 0.25) is 0 Å². The van der Waals surface area contributed by atoms with Crippen molar-refractivity contribution >= 4 is 5.69 Å². The van der Waals surface area contributed by atoms with Crippen LogP contribution >= 0.6 is 0 Å². The summed E-state index contributed by atoms with van der Waals surface area (Å²) >= 11 is 0. The lowest BCUT2D eigenvalue weighted by Gasteiger charge is -2.34. The van der Waals surface area contributed by atoms with E-state index in [4.69, 9.17) is 4.74 Å². The minimum absolute atomic E-state index is 0.196. The highest BCUT2D eigenvalue weighted by atomic mass is 16.5. The molecule has 3 rings (SSSR count). The van der Waals surface area contributed by atoms with Crippen molar-refractivity contribution < 1.29 is 4.74 Å². The van der Waals surface area contributed by atoms with Gasteiger partial charge in [0.2, 0.25) is 0 Å². The predicted octanol–water partition coefficient (Wildman–Crippen LogP) is 4.98. The Bertz CT molecular complexity index is 627. The Labute approximate surface area is 146 Å². The molecule has 2 nitrogen and oxygen atoms in total. The second kappa shape index (κ2) is 7.40. The van der Waals surface area contributed by atoms with E-state index in [1.807, 2.05) is 6.07 Å². The van der Waals surface area contributed by atoms with E-state index in [0.29, 0.717) is 6.61 Å². The van der Waals surface area contributed by atoms with E-state index in [2.05, 4.69) is 80.6 Å². The Morgan fingerprint density at radius 1 is 1.00 bits per heavy atom. The Kier molecular flexibility index (Phi) is 5.25.